The van der Waals surface area contributed by atoms with Crippen molar-refractivity contribution in [2.24, 2.45) is 5.92 Å². The average molecular weight is 274 g/mol. The molecular formula is C17H26N2O. The van der Waals surface area contributed by atoms with Crippen LogP contribution in [0.25, 0.3) is 0 Å². The van der Waals surface area contributed by atoms with Crippen LogP contribution in [0.2, 0.25) is 0 Å². The monoisotopic (exact) mass is 274 g/mol. The normalized spacial score (nSPS) is 26.8. The van der Waals surface area contributed by atoms with Gasteiger partial charge in [0.25, 0.3) is 0 Å². The quantitative estimate of drug-likeness (QED) is 0.909. The van der Waals surface area contributed by atoms with E-state index in [1.807, 2.05) is 0 Å². The largest absolute Gasteiger partial charge is 0.381 e. The molecule has 2 aliphatic rings. The SMILES string of the molecule is CCC1CCC(Nc2ccccc2N2CCOCC2)C1. The predicted molar refractivity (Wildman–Crippen MR) is 84.5 cm³/mol. The summed E-state index contributed by atoms with van der Waals surface area (Å²) in [5.74, 6) is 0.919. The molecule has 1 heterocycles. The van der Waals surface area contributed by atoms with Crippen LogP contribution in [0.4, 0.5) is 11.4 Å². The molecule has 3 rings (SSSR count). The van der Waals surface area contributed by atoms with Gasteiger partial charge in [-0.1, -0.05) is 25.5 Å². The molecule has 2 unspecified atom stereocenters. The van der Waals surface area contributed by atoms with E-state index in [9.17, 15) is 0 Å². The van der Waals surface area contributed by atoms with Crippen LogP contribution in [0.15, 0.2) is 24.3 Å². The van der Waals surface area contributed by atoms with Crippen molar-refractivity contribution in [1.82, 2.24) is 0 Å². The van der Waals surface area contributed by atoms with Crippen LogP contribution < -0.4 is 10.2 Å². The minimum atomic E-state index is 0.655. The second-order valence-electron chi connectivity index (χ2n) is 6.05. The van der Waals surface area contributed by atoms with Crippen molar-refractivity contribution in [2.75, 3.05) is 36.5 Å². The Morgan fingerprint density at radius 2 is 2.00 bits per heavy atom. The number of hydrogen-bond acceptors (Lipinski definition) is 3. The van der Waals surface area contributed by atoms with Crippen molar-refractivity contribution in [3.05, 3.63) is 24.3 Å². The number of nitrogens with one attached hydrogen (secondary N) is 1. The Morgan fingerprint density at radius 1 is 1.20 bits per heavy atom. The van der Waals surface area contributed by atoms with Crippen molar-refractivity contribution in [2.45, 2.75) is 38.6 Å². The van der Waals surface area contributed by atoms with E-state index < -0.39 is 0 Å². The molecule has 3 nitrogen and oxygen atoms in total. The number of ether oxygens (including phenoxy) is 1. The van der Waals surface area contributed by atoms with Crippen LogP contribution in [-0.4, -0.2) is 32.3 Å². The molecule has 1 N–H and O–H groups in total. The van der Waals surface area contributed by atoms with Gasteiger partial charge in [-0.05, 0) is 37.3 Å². The van der Waals surface area contributed by atoms with Gasteiger partial charge in [-0.25, -0.2) is 0 Å². The lowest BCUT2D eigenvalue weighted by Crippen LogP contribution is -2.36. The molecule has 3 heteroatoms. The summed E-state index contributed by atoms with van der Waals surface area (Å²) in [6, 6.07) is 9.39. The zero-order valence-corrected chi connectivity index (χ0v) is 12.5. The minimum Gasteiger partial charge on any atom is -0.381 e. The molecule has 0 aromatic heterocycles. The Hall–Kier alpha value is -1.22. The molecule has 1 saturated carbocycles. The number of anilines is 2. The van der Waals surface area contributed by atoms with Crippen molar-refractivity contribution in [1.29, 1.82) is 0 Å². The first-order valence-electron chi connectivity index (χ1n) is 8.05. The summed E-state index contributed by atoms with van der Waals surface area (Å²) in [6.07, 6.45) is 5.35. The van der Waals surface area contributed by atoms with Gasteiger partial charge < -0.3 is 15.0 Å². The highest BCUT2D eigenvalue weighted by atomic mass is 16.5. The first-order chi connectivity index (χ1) is 9.86. The van der Waals surface area contributed by atoms with E-state index >= 15 is 0 Å². The third-order valence-electron chi connectivity index (χ3n) is 4.73. The summed E-state index contributed by atoms with van der Waals surface area (Å²) in [5.41, 5.74) is 2.65. The molecule has 110 valence electrons. The number of para-hydroxylation sites is 2. The van der Waals surface area contributed by atoms with Crippen LogP contribution in [0.5, 0.6) is 0 Å². The topological polar surface area (TPSA) is 24.5 Å². The van der Waals surface area contributed by atoms with Gasteiger partial charge in [-0.3, -0.25) is 0 Å². The molecule has 20 heavy (non-hydrogen) atoms. The number of benzene rings is 1. The fourth-order valence-corrected chi connectivity index (χ4v) is 3.47. The van der Waals surface area contributed by atoms with Gasteiger partial charge in [0.15, 0.2) is 0 Å². The van der Waals surface area contributed by atoms with Crippen LogP contribution in [0.3, 0.4) is 0 Å². The fraction of sp³-hybridized carbons (Fsp3) is 0.647. The summed E-state index contributed by atoms with van der Waals surface area (Å²) in [7, 11) is 0. The van der Waals surface area contributed by atoms with Crippen molar-refractivity contribution in [3.63, 3.8) is 0 Å². The Kier molecular flexibility index (Phi) is 4.46. The lowest BCUT2D eigenvalue weighted by atomic mass is 10.1. The lowest BCUT2D eigenvalue weighted by Gasteiger charge is -2.31. The van der Waals surface area contributed by atoms with Crippen LogP contribution in [0.1, 0.15) is 32.6 Å². The van der Waals surface area contributed by atoms with Crippen molar-refractivity contribution >= 4 is 11.4 Å². The highest BCUT2D eigenvalue weighted by molar-refractivity contribution is 5.70. The second kappa shape index (κ2) is 6.49. The standard InChI is InChI=1S/C17H26N2O/c1-2-14-7-8-15(13-14)18-16-5-3-4-6-17(16)19-9-11-20-12-10-19/h3-6,14-15,18H,2,7-13H2,1H3. The smallest absolute Gasteiger partial charge is 0.0642 e. The molecule has 1 aromatic rings. The molecule has 0 bridgehead atoms. The first-order valence-corrected chi connectivity index (χ1v) is 8.05. The summed E-state index contributed by atoms with van der Waals surface area (Å²) in [6.45, 7) is 6.00. The zero-order chi connectivity index (χ0) is 13.8. The number of rotatable bonds is 4. The maximum absolute atomic E-state index is 5.46. The van der Waals surface area contributed by atoms with E-state index in [1.54, 1.807) is 0 Å². The van der Waals surface area contributed by atoms with Gasteiger partial charge in [0, 0.05) is 19.1 Å². The Labute approximate surface area is 122 Å². The third kappa shape index (κ3) is 3.09. The van der Waals surface area contributed by atoms with Crippen LogP contribution in [0, 0.1) is 5.92 Å². The van der Waals surface area contributed by atoms with Crippen molar-refractivity contribution in [3.8, 4) is 0 Å². The van der Waals surface area contributed by atoms with E-state index in [1.165, 1.54) is 37.1 Å². The Morgan fingerprint density at radius 3 is 2.75 bits per heavy atom. The number of hydrogen-bond donors (Lipinski definition) is 1. The maximum Gasteiger partial charge on any atom is 0.0642 e. The van der Waals surface area contributed by atoms with Gasteiger partial charge >= 0.3 is 0 Å². The summed E-state index contributed by atoms with van der Waals surface area (Å²) in [4.78, 5) is 2.44. The highest BCUT2D eigenvalue weighted by Gasteiger charge is 2.24. The molecule has 2 fully saturated rings. The zero-order valence-electron chi connectivity index (χ0n) is 12.5. The van der Waals surface area contributed by atoms with Gasteiger partial charge in [0.05, 0.1) is 24.6 Å². The first kappa shape index (κ1) is 13.7. The molecular weight excluding hydrogens is 248 g/mol. The summed E-state index contributed by atoms with van der Waals surface area (Å²) < 4.78 is 5.46. The fourth-order valence-electron chi connectivity index (χ4n) is 3.47. The van der Waals surface area contributed by atoms with Gasteiger partial charge in [0.2, 0.25) is 0 Å². The predicted octanol–water partition coefficient (Wildman–Crippen LogP) is 3.51. The number of nitrogens with zero attached hydrogens (tertiary/aromatic N) is 1. The van der Waals surface area contributed by atoms with Crippen LogP contribution >= 0.6 is 0 Å². The molecule has 1 saturated heterocycles. The second-order valence-corrected chi connectivity index (χ2v) is 6.05. The van der Waals surface area contributed by atoms with Gasteiger partial charge in [-0.15, -0.1) is 0 Å². The molecule has 1 aromatic carbocycles. The van der Waals surface area contributed by atoms with E-state index in [-0.39, 0.29) is 0 Å². The van der Waals surface area contributed by atoms with E-state index in [2.05, 4.69) is 41.4 Å². The Balaban J connectivity index is 1.69. The summed E-state index contributed by atoms with van der Waals surface area (Å²) >= 11 is 0. The maximum atomic E-state index is 5.46. The Bertz CT molecular complexity index is 429. The van der Waals surface area contributed by atoms with E-state index in [0.717, 1.165) is 32.2 Å². The lowest BCUT2D eigenvalue weighted by molar-refractivity contribution is 0.123. The van der Waals surface area contributed by atoms with E-state index in [4.69, 9.17) is 4.74 Å². The molecule has 1 aliphatic heterocycles. The molecule has 0 radical (unpaired) electrons. The average Bonchev–Trinajstić information content (AvgIpc) is 2.96. The molecule has 1 aliphatic carbocycles. The van der Waals surface area contributed by atoms with E-state index in [0.29, 0.717) is 6.04 Å². The molecule has 0 amide bonds. The van der Waals surface area contributed by atoms with Gasteiger partial charge in [-0.2, -0.15) is 0 Å². The highest BCUT2D eigenvalue weighted by Crippen LogP contribution is 2.33. The van der Waals surface area contributed by atoms with Gasteiger partial charge in [0.1, 0.15) is 0 Å². The molecule has 2 atom stereocenters. The molecule has 0 spiro atoms. The third-order valence-corrected chi connectivity index (χ3v) is 4.73. The van der Waals surface area contributed by atoms with Crippen LogP contribution in [-0.2, 0) is 4.74 Å². The van der Waals surface area contributed by atoms with Crippen molar-refractivity contribution < 1.29 is 4.74 Å². The summed E-state index contributed by atoms with van der Waals surface area (Å²) in [5, 5.41) is 3.79. The minimum absolute atomic E-state index is 0.655. The number of morpholine rings is 1.